The highest BCUT2D eigenvalue weighted by molar-refractivity contribution is 5.82. The van der Waals surface area contributed by atoms with Gasteiger partial charge in [-0.25, -0.2) is 4.98 Å². The van der Waals surface area contributed by atoms with Crippen molar-refractivity contribution in [2.45, 2.75) is 33.2 Å². The van der Waals surface area contributed by atoms with Gasteiger partial charge in [0, 0.05) is 32.5 Å². The van der Waals surface area contributed by atoms with E-state index in [0.29, 0.717) is 0 Å². The first-order valence-electron chi connectivity index (χ1n) is 7.02. The fourth-order valence-corrected chi connectivity index (χ4v) is 2.58. The summed E-state index contributed by atoms with van der Waals surface area (Å²) in [7, 11) is 2.01. The summed E-state index contributed by atoms with van der Waals surface area (Å²) >= 11 is 0. The molecular formula is C14H24N4O. The van der Waals surface area contributed by atoms with E-state index in [0.717, 1.165) is 44.8 Å². The number of likely N-dealkylation sites (tertiary alicyclic amines) is 1. The normalized spacial score (nSPS) is 23.7. The van der Waals surface area contributed by atoms with Gasteiger partial charge in [0.05, 0.1) is 12.0 Å². The van der Waals surface area contributed by atoms with Crippen LogP contribution in [0.25, 0.3) is 0 Å². The Morgan fingerprint density at radius 2 is 2.37 bits per heavy atom. The maximum absolute atomic E-state index is 12.2. The molecule has 5 nitrogen and oxygen atoms in total. The molecule has 0 saturated carbocycles. The molecule has 5 heteroatoms. The number of hydrogen-bond donors (Lipinski definition) is 1. The minimum Gasteiger partial charge on any atom is -0.356 e. The van der Waals surface area contributed by atoms with E-state index >= 15 is 0 Å². The number of aryl methyl sites for hydroxylation is 1. The van der Waals surface area contributed by atoms with Crippen molar-refractivity contribution in [2.24, 2.45) is 12.5 Å². The lowest BCUT2D eigenvalue weighted by molar-refractivity contribution is -0.129. The van der Waals surface area contributed by atoms with Gasteiger partial charge in [-0.05, 0) is 26.3 Å². The second-order valence-electron chi connectivity index (χ2n) is 5.73. The van der Waals surface area contributed by atoms with Crippen molar-refractivity contribution in [3.63, 3.8) is 0 Å². The maximum atomic E-state index is 12.2. The molecule has 1 atom stereocenters. The Morgan fingerprint density at radius 1 is 1.58 bits per heavy atom. The highest BCUT2D eigenvalue weighted by atomic mass is 16.2. The van der Waals surface area contributed by atoms with Crippen molar-refractivity contribution >= 4 is 5.91 Å². The minimum absolute atomic E-state index is 0.191. The molecular weight excluding hydrogens is 240 g/mol. The number of nitrogens with one attached hydrogen (secondary N) is 1. The van der Waals surface area contributed by atoms with E-state index in [9.17, 15) is 4.79 Å². The Hall–Kier alpha value is -1.36. The zero-order valence-corrected chi connectivity index (χ0v) is 12.1. The molecule has 1 aromatic heterocycles. The number of amides is 1. The number of imidazole rings is 1. The Kier molecular flexibility index (Phi) is 4.24. The molecule has 1 amide bonds. The van der Waals surface area contributed by atoms with Crippen molar-refractivity contribution in [1.29, 1.82) is 0 Å². The van der Waals surface area contributed by atoms with E-state index in [2.05, 4.69) is 29.0 Å². The Morgan fingerprint density at radius 3 is 3.00 bits per heavy atom. The molecule has 1 aromatic rings. The zero-order chi connectivity index (χ0) is 13.9. The summed E-state index contributed by atoms with van der Waals surface area (Å²) in [6.45, 7) is 7.51. The fraction of sp³-hybridized carbons (Fsp3) is 0.714. The van der Waals surface area contributed by atoms with E-state index < -0.39 is 0 Å². The molecule has 2 heterocycles. The molecule has 1 fully saturated rings. The molecule has 0 bridgehead atoms. The molecule has 2 rings (SSSR count). The third-order valence-electron chi connectivity index (χ3n) is 3.92. The molecule has 19 heavy (non-hydrogen) atoms. The number of nitrogens with zero attached hydrogens (tertiary/aromatic N) is 3. The number of carbonyl (C=O) groups is 1. The van der Waals surface area contributed by atoms with E-state index in [1.807, 2.05) is 24.0 Å². The zero-order valence-electron chi connectivity index (χ0n) is 12.1. The highest BCUT2D eigenvalue weighted by Gasteiger charge is 2.40. The first-order valence-corrected chi connectivity index (χ1v) is 7.02. The predicted octanol–water partition coefficient (Wildman–Crippen LogP) is 1.16. The monoisotopic (exact) mass is 264 g/mol. The summed E-state index contributed by atoms with van der Waals surface area (Å²) in [5, 5.41) is 3.02. The molecule has 106 valence electrons. The van der Waals surface area contributed by atoms with Crippen molar-refractivity contribution in [3.8, 4) is 0 Å². The Labute approximate surface area is 115 Å². The van der Waals surface area contributed by atoms with Crippen molar-refractivity contribution in [3.05, 3.63) is 18.2 Å². The van der Waals surface area contributed by atoms with Crippen LogP contribution in [0.3, 0.4) is 0 Å². The lowest BCUT2D eigenvalue weighted by Gasteiger charge is -2.23. The molecule has 1 aliphatic rings. The van der Waals surface area contributed by atoms with Crippen LogP contribution < -0.4 is 5.32 Å². The molecule has 1 unspecified atom stereocenters. The summed E-state index contributed by atoms with van der Waals surface area (Å²) in [4.78, 5) is 18.8. The van der Waals surface area contributed by atoms with E-state index in [4.69, 9.17) is 0 Å². The first-order chi connectivity index (χ1) is 9.05. The Balaban J connectivity index is 1.92. The molecule has 0 aromatic carbocycles. The van der Waals surface area contributed by atoms with Gasteiger partial charge in [-0.2, -0.15) is 0 Å². The lowest BCUT2D eigenvalue weighted by atomic mass is 9.89. The molecule has 1 aliphatic heterocycles. The van der Waals surface area contributed by atoms with Gasteiger partial charge in [0.1, 0.15) is 5.82 Å². The van der Waals surface area contributed by atoms with Gasteiger partial charge in [-0.3, -0.25) is 9.69 Å². The van der Waals surface area contributed by atoms with Crippen LogP contribution >= 0.6 is 0 Å². The molecule has 0 aliphatic carbocycles. The maximum Gasteiger partial charge on any atom is 0.227 e. The summed E-state index contributed by atoms with van der Waals surface area (Å²) in [5.74, 6) is 1.25. The highest BCUT2D eigenvalue weighted by Crippen LogP contribution is 2.30. The van der Waals surface area contributed by atoms with Crippen LogP contribution in [0.5, 0.6) is 0 Å². The number of rotatable bonds is 5. The predicted molar refractivity (Wildman–Crippen MR) is 74.5 cm³/mol. The molecule has 1 saturated heterocycles. The van der Waals surface area contributed by atoms with E-state index in [1.165, 1.54) is 0 Å². The molecule has 0 spiro atoms. The van der Waals surface area contributed by atoms with Crippen molar-refractivity contribution in [1.82, 2.24) is 19.8 Å². The van der Waals surface area contributed by atoms with Crippen LogP contribution in [0, 0.1) is 5.41 Å². The summed E-state index contributed by atoms with van der Waals surface area (Å²) in [6.07, 6.45) is 5.68. The van der Waals surface area contributed by atoms with Crippen molar-refractivity contribution in [2.75, 3.05) is 19.6 Å². The number of aromatic nitrogens is 2. The fourth-order valence-electron chi connectivity index (χ4n) is 2.58. The van der Waals surface area contributed by atoms with Gasteiger partial charge in [-0.1, -0.05) is 6.92 Å². The molecule has 0 radical (unpaired) electrons. The number of carbonyl (C=O) groups excluding carboxylic acids is 1. The largest absolute Gasteiger partial charge is 0.356 e. The van der Waals surface area contributed by atoms with Crippen LogP contribution in [0.2, 0.25) is 0 Å². The average molecular weight is 264 g/mol. The molecule has 1 N–H and O–H groups in total. The number of hydrogen-bond acceptors (Lipinski definition) is 3. The van der Waals surface area contributed by atoms with Crippen LogP contribution in [0.4, 0.5) is 0 Å². The SMILES string of the molecule is CCCNC(=O)C1(C)CCN(Cc2nccn2C)C1. The smallest absolute Gasteiger partial charge is 0.227 e. The second kappa shape index (κ2) is 5.74. The third-order valence-corrected chi connectivity index (χ3v) is 3.92. The summed E-state index contributed by atoms with van der Waals surface area (Å²) < 4.78 is 2.03. The van der Waals surface area contributed by atoms with E-state index in [1.54, 1.807) is 0 Å². The van der Waals surface area contributed by atoms with Crippen LogP contribution in [0.1, 0.15) is 32.5 Å². The topological polar surface area (TPSA) is 50.2 Å². The van der Waals surface area contributed by atoms with Crippen LogP contribution in [-0.4, -0.2) is 40.0 Å². The second-order valence-corrected chi connectivity index (χ2v) is 5.73. The third kappa shape index (κ3) is 3.15. The van der Waals surface area contributed by atoms with Crippen LogP contribution in [0.15, 0.2) is 12.4 Å². The summed E-state index contributed by atoms with van der Waals surface area (Å²) in [5.41, 5.74) is -0.250. The van der Waals surface area contributed by atoms with E-state index in [-0.39, 0.29) is 11.3 Å². The first kappa shape index (κ1) is 14.1. The van der Waals surface area contributed by atoms with Gasteiger partial charge in [0.25, 0.3) is 0 Å². The van der Waals surface area contributed by atoms with Crippen molar-refractivity contribution < 1.29 is 4.79 Å². The van der Waals surface area contributed by atoms with Gasteiger partial charge in [0.15, 0.2) is 0 Å². The lowest BCUT2D eigenvalue weighted by Crippen LogP contribution is -2.41. The van der Waals surface area contributed by atoms with Crippen LogP contribution in [-0.2, 0) is 18.4 Å². The minimum atomic E-state index is -0.250. The summed E-state index contributed by atoms with van der Waals surface area (Å²) in [6, 6.07) is 0. The van der Waals surface area contributed by atoms with Gasteiger partial charge in [0.2, 0.25) is 5.91 Å². The quantitative estimate of drug-likeness (QED) is 0.868. The van der Waals surface area contributed by atoms with Gasteiger partial charge >= 0.3 is 0 Å². The standard InChI is InChI=1S/C14H24N4O/c1-4-6-16-13(19)14(2)5-8-18(11-14)10-12-15-7-9-17(12)3/h7,9H,4-6,8,10-11H2,1-3H3,(H,16,19). The van der Waals surface area contributed by atoms with Gasteiger partial charge in [-0.15, -0.1) is 0 Å². The average Bonchev–Trinajstić information content (AvgIpc) is 2.95. The van der Waals surface area contributed by atoms with Gasteiger partial charge < -0.3 is 9.88 Å². The Bertz CT molecular complexity index is 442.